The van der Waals surface area contributed by atoms with Crippen LogP contribution in [0.1, 0.15) is 29.9 Å². The van der Waals surface area contributed by atoms with Gasteiger partial charge in [-0.15, -0.1) is 0 Å². The van der Waals surface area contributed by atoms with Crippen LogP contribution < -0.4 is 10.1 Å². The van der Waals surface area contributed by atoms with Crippen LogP contribution >= 0.6 is 27.5 Å². The molecule has 0 aliphatic heterocycles. The summed E-state index contributed by atoms with van der Waals surface area (Å²) in [6.07, 6.45) is 2.56. The van der Waals surface area contributed by atoms with E-state index in [4.69, 9.17) is 20.8 Å². The van der Waals surface area contributed by atoms with Gasteiger partial charge in [-0.25, -0.2) is 0 Å². The molecule has 0 unspecified atom stereocenters. The number of aryl methyl sites for hydroxylation is 1. The Morgan fingerprint density at radius 2 is 2.19 bits per heavy atom. The van der Waals surface area contributed by atoms with Crippen molar-refractivity contribution in [3.63, 3.8) is 0 Å². The van der Waals surface area contributed by atoms with E-state index in [2.05, 4.69) is 28.2 Å². The molecule has 1 N–H and O–H groups in total. The molecule has 0 amide bonds. The first-order valence-electron chi connectivity index (χ1n) is 7.01. The van der Waals surface area contributed by atoms with Crippen LogP contribution in [0.5, 0.6) is 5.75 Å². The Kier molecular flexibility index (Phi) is 4.57. The van der Waals surface area contributed by atoms with Gasteiger partial charge < -0.3 is 14.5 Å². The van der Waals surface area contributed by atoms with Crippen molar-refractivity contribution in [2.45, 2.75) is 39.0 Å². The molecule has 21 heavy (non-hydrogen) atoms. The summed E-state index contributed by atoms with van der Waals surface area (Å²) in [7, 11) is 0. The summed E-state index contributed by atoms with van der Waals surface area (Å²) < 4.78 is 12.5. The molecule has 1 saturated carbocycles. The second-order valence-corrected chi connectivity index (χ2v) is 6.63. The number of ether oxygens (including phenoxy) is 1. The highest BCUT2D eigenvalue weighted by Gasteiger charge is 2.21. The minimum Gasteiger partial charge on any atom is -0.484 e. The molecule has 0 atom stereocenters. The van der Waals surface area contributed by atoms with Gasteiger partial charge in [-0.1, -0.05) is 11.6 Å². The molecule has 1 aliphatic rings. The maximum Gasteiger partial charge on any atom is 0.146 e. The van der Waals surface area contributed by atoms with Crippen LogP contribution in [-0.2, 0) is 13.2 Å². The predicted octanol–water partition coefficient (Wildman–Crippen LogP) is 4.83. The highest BCUT2D eigenvalue weighted by molar-refractivity contribution is 9.10. The number of hydrogen-bond donors (Lipinski definition) is 1. The highest BCUT2D eigenvalue weighted by Crippen LogP contribution is 2.29. The van der Waals surface area contributed by atoms with Gasteiger partial charge in [0.05, 0.1) is 11.0 Å². The zero-order valence-corrected chi connectivity index (χ0v) is 14.1. The molecule has 1 aliphatic carbocycles. The van der Waals surface area contributed by atoms with Gasteiger partial charge in [0.1, 0.15) is 23.9 Å². The van der Waals surface area contributed by atoms with Gasteiger partial charge in [0.2, 0.25) is 0 Å². The van der Waals surface area contributed by atoms with Crippen molar-refractivity contribution in [1.82, 2.24) is 5.32 Å². The van der Waals surface area contributed by atoms with E-state index in [9.17, 15) is 0 Å². The van der Waals surface area contributed by atoms with Crippen LogP contribution in [0.3, 0.4) is 0 Å². The SMILES string of the molecule is Cc1cc(COc2ccc(Cl)cc2Br)oc1CNC1CC1. The third kappa shape index (κ3) is 4.02. The van der Waals surface area contributed by atoms with Crippen molar-refractivity contribution in [1.29, 1.82) is 0 Å². The molecule has 1 fully saturated rings. The van der Waals surface area contributed by atoms with Crippen LogP contribution in [0.15, 0.2) is 33.2 Å². The molecule has 0 spiro atoms. The minimum absolute atomic E-state index is 0.407. The molecule has 1 aromatic heterocycles. The molecule has 1 aromatic carbocycles. The molecule has 0 saturated heterocycles. The van der Waals surface area contributed by atoms with Gasteiger partial charge in [0.15, 0.2) is 0 Å². The number of halogens is 2. The number of furan rings is 1. The lowest BCUT2D eigenvalue weighted by Gasteiger charge is -2.06. The summed E-state index contributed by atoms with van der Waals surface area (Å²) in [5, 5.41) is 4.14. The van der Waals surface area contributed by atoms with E-state index in [0.717, 1.165) is 33.9 Å². The highest BCUT2D eigenvalue weighted by atomic mass is 79.9. The van der Waals surface area contributed by atoms with E-state index in [0.29, 0.717) is 17.7 Å². The van der Waals surface area contributed by atoms with Crippen molar-refractivity contribution in [3.8, 4) is 5.75 Å². The second kappa shape index (κ2) is 6.42. The van der Waals surface area contributed by atoms with Crippen molar-refractivity contribution in [2.24, 2.45) is 0 Å². The predicted molar refractivity (Wildman–Crippen MR) is 86.8 cm³/mol. The van der Waals surface area contributed by atoms with Gasteiger partial charge in [-0.2, -0.15) is 0 Å². The molecule has 0 bridgehead atoms. The van der Waals surface area contributed by atoms with Crippen molar-refractivity contribution < 1.29 is 9.15 Å². The van der Waals surface area contributed by atoms with Gasteiger partial charge >= 0.3 is 0 Å². The third-order valence-electron chi connectivity index (χ3n) is 3.46. The number of nitrogens with one attached hydrogen (secondary N) is 1. The molecular weight excluding hydrogens is 354 g/mol. The Morgan fingerprint density at radius 3 is 2.90 bits per heavy atom. The van der Waals surface area contributed by atoms with E-state index in [-0.39, 0.29) is 0 Å². The van der Waals surface area contributed by atoms with Gasteiger partial charge in [0.25, 0.3) is 0 Å². The van der Waals surface area contributed by atoms with Crippen LogP contribution in [0.2, 0.25) is 5.02 Å². The molecule has 3 nitrogen and oxygen atoms in total. The van der Waals surface area contributed by atoms with Gasteiger partial charge in [-0.05, 0) is 65.5 Å². The monoisotopic (exact) mass is 369 g/mol. The molecule has 112 valence electrons. The summed E-state index contributed by atoms with van der Waals surface area (Å²) >= 11 is 9.35. The van der Waals surface area contributed by atoms with Crippen LogP contribution in [0.4, 0.5) is 0 Å². The van der Waals surface area contributed by atoms with Crippen LogP contribution in [-0.4, -0.2) is 6.04 Å². The molecule has 3 rings (SSSR count). The molecule has 5 heteroatoms. The Balaban J connectivity index is 1.60. The summed E-state index contributed by atoms with van der Waals surface area (Å²) in [5.41, 5.74) is 1.16. The number of benzene rings is 1. The largest absolute Gasteiger partial charge is 0.484 e. The lowest BCUT2D eigenvalue weighted by atomic mass is 10.2. The quantitative estimate of drug-likeness (QED) is 0.790. The summed E-state index contributed by atoms with van der Waals surface area (Å²) in [6, 6.07) is 8.18. The van der Waals surface area contributed by atoms with Gasteiger partial charge in [-0.3, -0.25) is 0 Å². The van der Waals surface area contributed by atoms with E-state index >= 15 is 0 Å². The Labute approximate surface area is 137 Å². The molecule has 1 heterocycles. The average molecular weight is 371 g/mol. The average Bonchev–Trinajstić information content (AvgIpc) is 3.20. The van der Waals surface area contributed by atoms with E-state index in [1.807, 2.05) is 18.2 Å². The summed E-state index contributed by atoms with van der Waals surface area (Å²) in [5.74, 6) is 2.59. The van der Waals surface area contributed by atoms with Crippen LogP contribution in [0.25, 0.3) is 0 Å². The van der Waals surface area contributed by atoms with E-state index in [1.54, 1.807) is 6.07 Å². The molecular formula is C16H17BrClNO2. The fraction of sp³-hybridized carbons (Fsp3) is 0.375. The Bertz CT molecular complexity index is 637. The first-order valence-corrected chi connectivity index (χ1v) is 8.18. The normalized spacial score (nSPS) is 14.4. The smallest absolute Gasteiger partial charge is 0.146 e. The standard InChI is InChI=1S/C16H17BrClNO2/c1-10-6-13(21-16(10)8-19-12-3-4-12)9-20-15-5-2-11(18)7-14(15)17/h2,5-7,12,19H,3-4,8-9H2,1H3. The van der Waals surface area contributed by atoms with Crippen LogP contribution in [0, 0.1) is 6.92 Å². The Morgan fingerprint density at radius 1 is 1.38 bits per heavy atom. The first kappa shape index (κ1) is 14.9. The lowest BCUT2D eigenvalue weighted by molar-refractivity contribution is 0.263. The van der Waals surface area contributed by atoms with Crippen molar-refractivity contribution in [2.75, 3.05) is 0 Å². The zero-order chi connectivity index (χ0) is 14.8. The summed E-state index contributed by atoms with van der Waals surface area (Å²) in [6.45, 7) is 3.26. The molecule has 0 radical (unpaired) electrons. The summed E-state index contributed by atoms with van der Waals surface area (Å²) in [4.78, 5) is 0. The van der Waals surface area contributed by atoms with E-state index in [1.165, 1.54) is 12.8 Å². The number of rotatable bonds is 6. The zero-order valence-electron chi connectivity index (χ0n) is 11.8. The lowest BCUT2D eigenvalue weighted by Crippen LogP contribution is -2.15. The maximum absolute atomic E-state index is 5.91. The van der Waals surface area contributed by atoms with E-state index < -0.39 is 0 Å². The fourth-order valence-electron chi connectivity index (χ4n) is 2.10. The Hall–Kier alpha value is -0.970. The minimum atomic E-state index is 0.407. The maximum atomic E-state index is 5.91. The topological polar surface area (TPSA) is 34.4 Å². The van der Waals surface area contributed by atoms with Gasteiger partial charge in [0, 0.05) is 11.1 Å². The first-order chi connectivity index (χ1) is 10.1. The molecule has 2 aromatic rings. The third-order valence-corrected chi connectivity index (χ3v) is 4.32. The van der Waals surface area contributed by atoms with Crippen molar-refractivity contribution >= 4 is 27.5 Å². The number of hydrogen-bond acceptors (Lipinski definition) is 3. The second-order valence-electron chi connectivity index (χ2n) is 5.34. The van der Waals surface area contributed by atoms with Crippen molar-refractivity contribution in [3.05, 3.63) is 50.8 Å². The fourth-order valence-corrected chi connectivity index (χ4v) is 2.90.